The number of nitrogen functional groups attached to an aromatic ring is 1. The number of benzene rings is 2. The summed E-state index contributed by atoms with van der Waals surface area (Å²) in [6.45, 7) is 5.17. The summed E-state index contributed by atoms with van der Waals surface area (Å²) in [7, 11) is 0. The Bertz CT molecular complexity index is 1420. The van der Waals surface area contributed by atoms with Crippen molar-refractivity contribution >= 4 is 40.4 Å². The van der Waals surface area contributed by atoms with Crippen LogP contribution in [0.4, 0.5) is 0 Å². The molecule has 0 aliphatic heterocycles. The van der Waals surface area contributed by atoms with Crippen LogP contribution in [0.25, 0.3) is 10.8 Å². The lowest BCUT2D eigenvalue weighted by Gasteiger charge is -2.20. The van der Waals surface area contributed by atoms with Crippen molar-refractivity contribution in [3.8, 4) is 5.75 Å². The molecular formula is C27H32N6O6. The van der Waals surface area contributed by atoms with E-state index in [9.17, 15) is 14.4 Å². The largest absolute Gasteiger partial charge is 0.460 e. The number of nitrogens with one attached hydrogen (secondary N) is 2. The van der Waals surface area contributed by atoms with E-state index in [0.717, 1.165) is 10.8 Å². The van der Waals surface area contributed by atoms with Gasteiger partial charge in [0.2, 0.25) is 11.7 Å². The zero-order valence-electron chi connectivity index (χ0n) is 21.9. The number of guanidine groups is 1. The lowest BCUT2D eigenvalue weighted by Crippen LogP contribution is -2.37. The molecule has 1 atom stereocenters. The number of nitrogens with zero attached hydrogens (tertiary/aromatic N) is 1. The lowest BCUT2D eigenvalue weighted by atomic mass is 10.1. The van der Waals surface area contributed by atoms with Gasteiger partial charge in [-0.05, 0) is 68.3 Å². The van der Waals surface area contributed by atoms with Gasteiger partial charge in [0, 0.05) is 12.0 Å². The first-order valence-corrected chi connectivity index (χ1v) is 12.1. The number of hydrogen-bond donors (Lipinski definition) is 5. The molecule has 0 radical (unpaired) electrons. The molecule has 39 heavy (non-hydrogen) atoms. The van der Waals surface area contributed by atoms with Crippen molar-refractivity contribution < 1.29 is 28.3 Å². The minimum absolute atomic E-state index is 0.0372. The van der Waals surface area contributed by atoms with Gasteiger partial charge in [-0.15, -0.1) is 0 Å². The SMILES string of the molecule is CC(C)(C)OC(=O)CCC(N=C(N)N)C(=O)NCc1ccc(C(=O)Oc2ccc3cc(C(=N)N)ccc3c2)o1. The van der Waals surface area contributed by atoms with Gasteiger partial charge in [-0.3, -0.25) is 15.0 Å². The summed E-state index contributed by atoms with van der Waals surface area (Å²) in [4.78, 5) is 41.2. The zero-order valence-corrected chi connectivity index (χ0v) is 21.9. The molecule has 12 nitrogen and oxygen atoms in total. The number of fused-ring (bicyclic) bond motifs is 1. The quantitative estimate of drug-likeness (QED) is 0.111. The second-order valence-corrected chi connectivity index (χ2v) is 9.71. The van der Waals surface area contributed by atoms with Crippen LogP contribution in [0.5, 0.6) is 5.75 Å². The van der Waals surface area contributed by atoms with Crippen LogP contribution in [0.3, 0.4) is 0 Å². The highest BCUT2D eigenvalue weighted by Gasteiger charge is 2.23. The van der Waals surface area contributed by atoms with Crippen LogP contribution in [0.1, 0.15) is 55.5 Å². The summed E-state index contributed by atoms with van der Waals surface area (Å²) in [6.07, 6.45) is -0.0221. The van der Waals surface area contributed by atoms with Gasteiger partial charge in [0.1, 0.15) is 29.0 Å². The molecule has 206 valence electrons. The minimum atomic E-state index is -1.01. The highest BCUT2D eigenvalue weighted by molar-refractivity contribution is 5.99. The highest BCUT2D eigenvalue weighted by atomic mass is 16.6. The van der Waals surface area contributed by atoms with Crippen molar-refractivity contribution in [2.24, 2.45) is 22.2 Å². The number of carbonyl (C=O) groups is 3. The Kier molecular flexibility index (Phi) is 8.92. The van der Waals surface area contributed by atoms with Crippen molar-refractivity contribution in [2.45, 2.75) is 51.8 Å². The normalized spacial score (nSPS) is 11.9. The fourth-order valence-corrected chi connectivity index (χ4v) is 3.57. The number of amides is 1. The molecule has 0 bridgehead atoms. The molecule has 0 saturated carbocycles. The molecule has 0 fully saturated rings. The molecule has 1 heterocycles. The van der Waals surface area contributed by atoms with Crippen LogP contribution >= 0.6 is 0 Å². The average molecular weight is 537 g/mol. The fourth-order valence-electron chi connectivity index (χ4n) is 3.57. The summed E-state index contributed by atoms with van der Waals surface area (Å²) in [5, 5.41) is 11.8. The number of furan rings is 1. The summed E-state index contributed by atoms with van der Waals surface area (Å²) in [6, 6.07) is 12.3. The summed E-state index contributed by atoms with van der Waals surface area (Å²) < 4.78 is 16.2. The van der Waals surface area contributed by atoms with Gasteiger partial charge in [0.15, 0.2) is 5.96 Å². The Morgan fingerprint density at radius 1 is 1.03 bits per heavy atom. The first-order valence-electron chi connectivity index (χ1n) is 12.1. The molecule has 12 heteroatoms. The number of amidine groups is 1. The third kappa shape index (κ3) is 8.59. The van der Waals surface area contributed by atoms with Crippen molar-refractivity contribution in [1.29, 1.82) is 5.41 Å². The fraction of sp³-hybridized carbons (Fsp3) is 0.296. The summed E-state index contributed by atoms with van der Waals surface area (Å²) in [5.74, 6) is -1.52. The molecule has 8 N–H and O–H groups in total. The minimum Gasteiger partial charge on any atom is -0.460 e. The molecule has 1 amide bonds. The average Bonchev–Trinajstić information content (AvgIpc) is 3.32. The number of rotatable bonds is 10. The van der Waals surface area contributed by atoms with Crippen molar-refractivity contribution in [2.75, 3.05) is 0 Å². The summed E-state index contributed by atoms with van der Waals surface area (Å²) in [5.41, 5.74) is 16.4. The maximum atomic E-state index is 12.7. The number of aliphatic imine (C=N–C) groups is 1. The van der Waals surface area contributed by atoms with Crippen LogP contribution in [-0.4, -0.2) is 41.3 Å². The Morgan fingerprint density at radius 2 is 1.72 bits per heavy atom. The van der Waals surface area contributed by atoms with E-state index >= 15 is 0 Å². The van der Waals surface area contributed by atoms with Crippen molar-refractivity contribution in [1.82, 2.24) is 5.32 Å². The van der Waals surface area contributed by atoms with Gasteiger partial charge >= 0.3 is 11.9 Å². The number of hydrogen-bond acceptors (Lipinski definition) is 8. The number of ether oxygens (including phenoxy) is 2. The standard InChI is InChI=1S/C27H32N6O6/c1-27(2,3)39-22(34)11-9-20(33-26(30)31)24(35)32-14-19-8-10-21(37-19)25(36)38-18-7-6-15-12-17(23(28)29)5-4-16(15)13-18/h4-8,10,12-13,20H,9,11,14H2,1-3H3,(H3,28,29)(H,32,35)(H4,30,31,33). The van der Waals surface area contributed by atoms with E-state index in [1.54, 1.807) is 57.2 Å². The third-order valence-electron chi connectivity index (χ3n) is 5.28. The summed E-state index contributed by atoms with van der Waals surface area (Å²) >= 11 is 0. The number of carbonyl (C=O) groups excluding carboxylic acids is 3. The molecule has 0 aliphatic rings. The van der Waals surface area contributed by atoms with E-state index in [0.29, 0.717) is 17.1 Å². The Morgan fingerprint density at radius 3 is 2.38 bits per heavy atom. The topological polar surface area (TPSA) is 209 Å². The van der Waals surface area contributed by atoms with Gasteiger partial charge in [-0.2, -0.15) is 0 Å². The van der Waals surface area contributed by atoms with Gasteiger partial charge < -0.3 is 36.4 Å². The second-order valence-electron chi connectivity index (χ2n) is 9.71. The van der Waals surface area contributed by atoms with Gasteiger partial charge in [0.05, 0.1) is 6.54 Å². The molecule has 3 aromatic rings. The first kappa shape index (κ1) is 28.7. The predicted octanol–water partition coefficient (Wildman–Crippen LogP) is 2.32. The second kappa shape index (κ2) is 12.1. The molecule has 0 saturated heterocycles. The van der Waals surface area contributed by atoms with Crippen LogP contribution < -0.4 is 27.3 Å². The maximum absolute atomic E-state index is 12.7. The van der Waals surface area contributed by atoms with E-state index in [1.807, 2.05) is 0 Å². The van der Waals surface area contributed by atoms with E-state index in [4.69, 9.17) is 36.5 Å². The molecule has 1 unspecified atom stereocenters. The van der Waals surface area contributed by atoms with Crippen LogP contribution in [-0.2, 0) is 20.9 Å². The third-order valence-corrected chi connectivity index (χ3v) is 5.28. The predicted molar refractivity (Wildman–Crippen MR) is 145 cm³/mol. The van der Waals surface area contributed by atoms with Crippen LogP contribution in [0.15, 0.2) is 57.9 Å². The van der Waals surface area contributed by atoms with E-state index in [1.165, 1.54) is 12.1 Å². The molecule has 0 spiro atoms. The van der Waals surface area contributed by atoms with Crippen molar-refractivity contribution in [3.63, 3.8) is 0 Å². The van der Waals surface area contributed by atoms with E-state index in [-0.39, 0.29) is 36.9 Å². The van der Waals surface area contributed by atoms with E-state index in [2.05, 4.69) is 10.3 Å². The van der Waals surface area contributed by atoms with Gasteiger partial charge in [0.25, 0.3) is 0 Å². The molecule has 3 rings (SSSR count). The van der Waals surface area contributed by atoms with E-state index < -0.39 is 29.5 Å². The Labute approximate surface area is 225 Å². The molecule has 2 aromatic carbocycles. The molecule has 1 aromatic heterocycles. The Balaban J connectivity index is 1.58. The van der Waals surface area contributed by atoms with Gasteiger partial charge in [-0.1, -0.05) is 18.2 Å². The van der Waals surface area contributed by atoms with Crippen LogP contribution in [0.2, 0.25) is 0 Å². The highest BCUT2D eigenvalue weighted by Crippen LogP contribution is 2.23. The zero-order chi connectivity index (χ0) is 28.7. The molecule has 0 aliphatic carbocycles. The Hall–Kier alpha value is -4.87. The number of nitrogens with two attached hydrogens (primary N) is 3. The monoisotopic (exact) mass is 536 g/mol. The smallest absolute Gasteiger partial charge is 0.379 e. The number of esters is 2. The van der Waals surface area contributed by atoms with Crippen molar-refractivity contribution in [3.05, 3.63) is 65.6 Å². The van der Waals surface area contributed by atoms with Crippen LogP contribution in [0, 0.1) is 5.41 Å². The lowest BCUT2D eigenvalue weighted by molar-refractivity contribution is -0.155. The molecular weight excluding hydrogens is 504 g/mol. The van der Waals surface area contributed by atoms with Gasteiger partial charge in [-0.25, -0.2) is 9.79 Å². The maximum Gasteiger partial charge on any atom is 0.379 e. The first-order chi connectivity index (χ1) is 18.3.